The summed E-state index contributed by atoms with van der Waals surface area (Å²) in [4.78, 5) is 37.1. The molecule has 214 valence electrons. The second-order valence-electron chi connectivity index (χ2n) is 11.0. The Morgan fingerprint density at radius 2 is 1.90 bits per heavy atom. The number of aromatic amines is 1. The van der Waals surface area contributed by atoms with E-state index in [0.717, 1.165) is 44.2 Å². The zero-order valence-corrected chi connectivity index (χ0v) is 22.8. The molecule has 2 aromatic heterocycles. The maximum Gasteiger partial charge on any atom is 0.416 e. The predicted octanol–water partition coefficient (Wildman–Crippen LogP) is 5.55. The van der Waals surface area contributed by atoms with Crippen molar-refractivity contribution in [2.75, 3.05) is 6.61 Å². The zero-order chi connectivity index (χ0) is 28.6. The van der Waals surface area contributed by atoms with Gasteiger partial charge in [-0.15, -0.1) is 0 Å². The van der Waals surface area contributed by atoms with Crippen molar-refractivity contribution in [1.29, 1.82) is 0 Å². The van der Waals surface area contributed by atoms with Gasteiger partial charge in [0.1, 0.15) is 23.3 Å². The van der Waals surface area contributed by atoms with E-state index in [4.69, 9.17) is 4.74 Å². The second-order valence-corrected chi connectivity index (χ2v) is 11.0. The van der Waals surface area contributed by atoms with Crippen LogP contribution in [0.3, 0.4) is 0 Å². The van der Waals surface area contributed by atoms with Crippen molar-refractivity contribution in [2.24, 2.45) is 11.8 Å². The van der Waals surface area contributed by atoms with Crippen LogP contribution in [0.2, 0.25) is 0 Å². The van der Waals surface area contributed by atoms with E-state index in [2.05, 4.69) is 25.6 Å². The number of H-pyrrole nitrogens is 1. The molecule has 11 heteroatoms. The fraction of sp³-hybridized carbons (Fsp3) is 0.517. The first-order valence-electron chi connectivity index (χ1n) is 13.8. The molecule has 1 aromatic carbocycles. The largest absolute Gasteiger partial charge is 0.493 e. The molecule has 0 spiro atoms. The third-order valence-electron chi connectivity index (χ3n) is 7.90. The lowest BCUT2D eigenvalue weighted by Gasteiger charge is -2.35. The van der Waals surface area contributed by atoms with Crippen molar-refractivity contribution >= 4 is 22.8 Å². The third kappa shape index (κ3) is 5.93. The predicted molar refractivity (Wildman–Crippen MR) is 144 cm³/mol. The van der Waals surface area contributed by atoms with E-state index in [-0.39, 0.29) is 41.1 Å². The number of nitrogens with one attached hydrogen (secondary N) is 3. The number of benzene rings is 1. The maximum atomic E-state index is 13.6. The summed E-state index contributed by atoms with van der Waals surface area (Å²) in [6, 6.07) is 3.38. The Bertz CT molecular complexity index is 1420. The summed E-state index contributed by atoms with van der Waals surface area (Å²) < 4.78 is 46.8. The van der Waals surface area contributed by atoms with Gasteiger partial charge in [-0.2, -0.15) is 13.2 Å². The number of nitrogens with zero attached hydrogens (tertiary/aromatic N) is 2. The molecule has 8 nitrogen and oxygen atoms in total. The highest BCUT2D eigenvalue weighted by Crippen LogP contribution is 2.40. The number of aromatic nitrogens is 3. The molecule has 2 amide bonds. The molecule has 2 heterocycles. The first-order valence-corrected chi connectivity index (χ1v) is 13.8. The standard InChI is InChI=1S/C29H34F3N5O3/c1-4-23(38)36-19-8-9-21(15(2)11-19)37-28(39)24-16(3)35-27-25(33-14-34-26(24)27)20-12-18(29(30,31)32)7-10-22(20)40-13-17-5-6-17/h7,10,12,14-15,17,19,21,35H,4-6,8-9,11,13H2,1-3H3,(H,36,38)(H,37,39)/t15-,19-,21+/m1/s1. The van der Waals surface area contributed by atoms with Crippen LogP contribution in [0.1, 0.15) is 74.0 Å². The van der Waals surface area contributed by atoms with Crippen LogP contribution in [-0.4, -0.2) is 45.5 Å². The van der Waals surface area contributed by atoms with Crippen LogP contribution < -0.4 is 15.4 Å². The first-order chi connectivity index (χ1) is 19.0. The summed E-state index contributed by atoms with van der Waals surface area (Å²) in [5.41, 5.74) is 1.20. The molecule has 0 radical (unpaired) electrons. The lowest BCUT2D eigenvalue weighted by atomic mass is 9.82. The van der Waals surface area contributed by atoms with Gasteiger partial charge in [0.2, 0.25) is 5.91 Å². The number of fused-ring (bicyclic) bond motifs is 1. The van der Waals surface area contributed by atoms with Crippen LogP contribution >= 0.6 is 0 Å². The lowest BCUT2D eigenvalue weighted by molar-refractivity contribution is -0.137. The Hall–Kier alpha value is -3.63. The fourth-order valence-corrected chi connectivity index (χ4v) is 5.42. The number of halogens is 3. The molecule has 5 rings (SSSR count). The summed E-state index contributed by atoms with van der Waals surface area (Å²) in [5, 5.41) is 6.16. The Morgan fingerprint density at radius 1 is 1.12 bits per heavy atom. The van der Waals surface area contributed by atoms with E-state index >= 15 is 0 Å². The summed E-state index contributed by atoms with van der Waals surface area (Å²) in [6.45, 7) is 6.02. The molecule has 0 aliphatic heterocycles. The number of hydrogen-bond donors (Lipinski definition) is 3. The smallest absolute Gasteiger partial charge is 0.416 e. The fourth-order valence-electron chi connectivity index (χ4n) is 5.42. The number of aryl methyl sites for hydroxylation is 1. The van der Waals surface area contributed by atoms with Crippen molar-refractivity contribution in [3.63, 3.8) is 0 Å². The lowest BCUT2D eigenvalue weighted by Crippen LogP contribution is -2.48. The van der Waals surface area contributed by atoms with Gasteiger partial charge in [0.05, 0.1) is 23.3 Å². The summed E-state index contributed by atoms with van der Waals surface area (Å²) in [5.74, 6) is 0.566. The Morgan fingerprint density at radius 3 is 2.58 bits per heavy atom. The summed E-state index contributed by atoms with van der Waals surface area (Å²) in [7, 11) is 0. The zero-order valence-electron chi connectivity index (χ0n) is 22.8. The second kappa shape index (κ2) is 11.1. The van der Waals surface area contributed by atoms with E-state index in [1.165, 1.54) is 12.4 Å². The van der Waals surface area contributed by atoms with Gasteiger partial charge in [-0.25, -0.2) is 9.97 Å². The van der Waals surface area contributed by atoms with Crippen LogP contribution in [0.25, 0.3) is 22.3 Å². The molecule has 0 unspecified atom stereocenters. The molecule has 40 heavy (non-hydrogen) atoms. The van der Waals surface area contributed by atoms with Crippen LogP contribution in [0.15, 0.2) is 24.5 Å². The highest BCUT2D eigenvalue weighted by Gasteiger charge is 2.34. The SMILES string of the molecule is CCC(=O)N[C@@H]1CC[C@H](NC(=O)c2c(C)[nH]c3c(-c4cc(C(F)(F)F)ccc4OCC4CC4)ncnc23)[C@H](C)C1. The topological polar surface area (TPSA) is 109 Å². The summed E-state index contributed by atoms with van der Waals surface area (Å²) >= 11 is 0. The minimum atomic E-state index is -4.54. The van der Waals surface area contributed by atoms with Crippen LogP contribution in [0.4, 0.5) is 13.2 Å². The number of carbonyl (C=O) groups excluding carboxylic acids is 2. The van der Waals surface area contributed by atoms with E-state index in [0.29, 0.717) is 47.0 Å². The van der Waals surface area contributed by atoms with Gasteiger partial charge in [-0.05, 0) is 69.1 Å². The van der Waals surface area contributed by atoms with E-state index in [1.807, 2.05) is 13.8 Å². The quantitative estimate of drug-likeness (QED) is 0.336. The molecule has 3 N–H and O–H groups in total. The number of hydrogen-bond acceptors (Lipinski definition) is 5. The molecular weight excluding hydrogens is 523 g/mol. The van der Waals surface area contributed by atoms with Gasteiger partial charge < -0.3 is 20.4 Å². The van der Waals surface area contributed by atoms with Crippen LogP contribution in [0, 0.1) is 18.8 Å². The minimum absolute atomic E-state index is 0.0199. The third-order valence-corrected chi connectivity index (χ3v) is 7.90. The van der Waals surface area contributed by atoms with Crippen molar-refractivity contribution in [1.82, 2.24) is 25.6 Å². The molecule has 2 saturated carbocycles. The molecule has 0 saturated heterocycles. The van der Waals surface area contributed by atoms with Crippen LogP contribution in [-0.2, 0) is 11.0 Å². The summed E-state index contributed by atoms with van der Waals surface area (Å²) in [6.07, 6.45) is 1.47. The normalized spacial score (nSPS) is 21.3. The monoisotopic (exact) mass is 557 g/mol. The van der Waals surface area contributed by atoms with Gasteiger partial charge in [0.25, 0.3) is 5.91 Å². The number of ether oxygens (including phenoxy) is 1. The highest BCUT2D eigenvalue weighted by atomic mass is 19.4. The Kier molecular flexibility index (Phi) is 7.74. The molecule has 2 fully saturated rings. The molecule has 0 bridgehead atoms. The first kappa shape index (κ1) is 27.9. The molecule has 3 atom stereocenters. The van der Waals surface area contributed by atoms with Crippen LogP contribution in [0.5, 0.6) is 5.75 Å². The molecule has 2 aliphatic carbocycles. The van der Waals surface area contributed by atoms with Crippen molar-refractivity contribution in [3.8, 4) is 17.0 Å². The Balaban J connectivity index is 1.43. The Labute approximate surface area is 230 Å². The van der Waals surface area contributed by atoms with Crippen molar-refractivity contribution in [2.45, 2.75) is 77.6 Å². The minimum Gasteiger partial charge on any atom is -0.493 e. The average Bonchev–Trinajstić information content (AvgIpc) is 3.67. The van der Waals surface area contributed by atoms with E-state index in [9.17, 15) is 22.8 Å². The van der Waals surface area contributed by atoms with Gasteiger partial charge in [0, 0.05) is 29.8 Å². The van der Waals surface area contributed by atoms with Crippen molar-refractivity contribution in [3.05, 3.63) is 41.3 Å². The van der Waals surface area contributed by atoms with Gasteiger partial charge in [-0.1, -0.05) is 13.8 Å². The highest BCUT2D eigenvalue weighted by molar-refractivity contribution is 6.09. The average molecular weight is 558 g/mol. The van der Waals surface area contributed by atoms with Crippen molar-refractivity contribution < 1.29 is 27.5 Å². The number of carbonyl (C=O) groups is 2. The number of alkyl halides is 3. The van der Waals surface area contributed by atoms with Gasteiger partial charge in [-0.3, -0.25) is 9.59 Å². The molecular formula is C29H34F3N5O3. The molecule has 3 aromatic rings. The number of amides is 2. The van der Waals surface area contributed by atoms with E-state index < -0.39 is 11.7 Å². The van der Waals surface area contributed by atoms with Gasteiger partial charge in [0.15, 0.2) is 0 Å². The molecule has 2 aliphatic rings. The van der Waals surface area contributed by atoms with Gasteiger partial charge >= 0.3 is 6.18 Å². The maximum absolute atomic E-state index is 13.6. The number of rotatable bonds is 8. The van der Waals surface area contributed by atoms with E-state index in [1.54, 1.807) is 6.92 Å².